The summed E-state index contributed by atoms with van der Waals surface area (Å²) in [6, 6.07) is 2.01. The Morgan fingerprint density at radius 1 is 1.35 bits per heavy atom. The summed E-state index contributed by atoms with van der Waals surface area (Å²) in [5.41, 5.74) is 1.25. The van der Waals surface area contributed by atoms with Crippen molar-refractivity contribution < 1.29 is 9.72 Å². The molecule has 0 aromatic carbocycles. The smallest absolute Gasteiger partial charge is 0.310 e. The summed E-state index contributed by atoms with van der Waals surface area (Å²) in [7, 11) is 0. The van der Waals surface area contributed by atoms with Gasteiger partial charge in [-0.15, -0.1) is 0 Å². The first kappa shape index (κ1) is 17.2. The van der Waals surface area contributed by atoms with Crippen LogP contribution < -0.4 is 10.6 Å². The Kier molecular flexibility index (Phi) is 5.52. The van der Waals surface area contributed by atoms with Crippen molar-refractivity contribution in [2.45, 2.75) is 58.5 Å². The Hall–Kier alpha value is -2.18. The molecule has 1 aliphatic rings. The Morgan fingerprint density at radius 2 is 2.00 bits per heavy atom. The van der Waals surface area contributed by atoms with Crippen molar-refractivity contribution in [1.29, 1.82) is 0 Å². The highest BCUT2D eigenvalue weighted by atomic mass is 16.6. The maximum atomic E-state index is 12.0. The molecule has 7 heteroatoms. The fourth-order valence-corrected chi connectivity index (χ4v) is 2.94. The van der Waals surface area contributed by atoms with Crippen LogP contribution in [0.1, 0.15) is 45.2 Å². The number of amides is 1. The number of rotatable bonds is 5. The Morgan fingerprint density at radius 3 is 2.57 bits per heavy atom. The third kappa shape index (κ3) is 4.64. The summed E-state index contributed by atoms with van der Waals surface area (Å²) in [5, 5.41) is 17.3. The molecule has 2 N–H and O–H groups in total. The molecule has 0 bridgehead atoms. The minimum absolute atomic E-state index is 0.00438. The molecular formula is C16H24N4O3. The Balaban J connectivity index is 1.96. The average Bonchev–Trinajstić information content (AvgIpc) is 2.47. The minimum atomic E-state index is -0.420. The Labute approximate surface area is 136 Å². The summed E-state index contributed by atoms with van der Waals surface area (Å²) in [4.78, 5) is 26.7. The lowest BCUT2D eigenvalue weighted by atomic mass is 9.85. The number of nitro groups is 1. The zero-order valence-corrected chi connectivity index (χ0v) is 13.8. The second kappa shape index (κ2) is 7.39. The number of aromatic nitrogens is 1. The summed E-state index contributed by atoms with van der Waals surface area (Å²) in [6.07, 6.45) is 4.55. The highest BCUT2D eigenvalue weighted by molar-refractivity contribution is 5.79. The molecule has 23 heavy (non-hydrogen) atoms. The van der Waals surface area contributed by atoms with Gasteiger partial charge in [-0.2, -0.15) is 0 Å². The SMILES string of the molecule is Cc1cc(N[C@H]2CC[C@@H](C(=O)NC(C)C)CC2)c([N+](=O)[O-])cn1. The van der Waals surface area contributed by atoms with E-state index in [1.54, 1.807) is 6.07 Å². The highest BCUT2D eigenvalue weighted by Gasteiger charge is 2.27. The average molecular weight is 320 g/mol. The van der Waals surface area contributed by atoms with Crippen LogP contribution in [0.25, 0.3) is 0 Å². The maximum Gasteiger partial charge on any atom is 0.310 e. The van der Waals surface area contributed by atoms with Crippen molar-refractivity contribution in [2.75, 3.05) is 5.32 Å². The van der Waals surface area contributed by atoms with E-state index in [1.807, 2.05) is 20.8 Å². The molecule has 1 amide bonds. The van der Waals surface area contributed by atoms with Crippen LogP contribution in [-0.4, -0.2) is 27.9 Å². The molecule has 1 saturated carbocycles. The van der Waals surface area contributed by atoms with Gasteiger partial charge in [0, 0.05) is 23.7 Å². The van der Waals surface area contributed by atoms with Gasteiger partial charge < -0.3 is 10.6 Å². The molecule has 0 unspecified atom stereocenters. The third-order valence-electron chi connectivity index (χ3n) is 4.10. The van der Waals surface area contributed by atoms with Gasteiger partial charge in [-0.05, 0) is 52.5 Å². The summed E-state index contributed by atoms with van der Waals surface area (Å²) in [6.45, 7) is 5.72. The standard InChI is InChI=1S/C16H24N4O3/c1-10(2)18-16(21)12-4-6-13(7-5-12)19-14-8-11(3)17-9-15(14)20(22)23/h8-10,12-13H,4-7H2,1-3H3,(H,17,19)(H,18,21)/t12-,13+. The quantitative estimate of drug-likeness (QED) is 0.642. The first-order valence-corrected chi connectivity index (χ1v) is 8.04. The highest BCUT2D eigenvalue weighted by Crippen LogP contribution is 2.30. The number of pyridine rings is 1. The van der Waals surface area contributed by atoms with Gasteiger partial charge >= 0.3 is 5.69 Å². The minimum Gasteiger partial charge on any atom is -0.377 e. The lowest BCUT2D eigenvalue weighted by Gasteiger charge is -2.29. The summed E-state index contributed by atoms with van der Waals surface area (Å²) in [5.74, 6) is 0.161. The lowest BCUT2D eigenvalue weighted by molar-refractivity contribution is -0.384. The number of aryl methyl sites for hydroxylation is 1. The van der Waals surface area contributed by atoms with Gasteiger partial charge in [0.2, 0.25) is 5.91 Å². The van der Waals surface area contributed by atoms with Gasteiger partial charge in [0.1, 0.15) is 11.9 Å². The van der Waals surface area contributed by atoms with Crippen LogP contribution in [-0.2, 0) is 4.79 Å². The first-order valence-electron chi connectivity index (χ1n) is 8.04. The van der Waals surface area contributed by atoms with Crippen LogP contribution in [0.5, 0.6) is 0 Å². The number of carbonyl (C=O) groups is 1. The van der Waals surface area contributed by atoms with Gasteiger partial charge in [-0.3, -0.25) is 19.9 Å². The van der Waals surface area contributed by atoms with Gasteiger partial charge in [0.25, 0.3) is 0 Å². The van der Waals surface area contributed by atoms with E-state index in [0.717, 1.165) is 31.4 Å². The molecular weight excluding hydrogens is 296 g/mol. The molecule has 7 nitrogen and oxygen atoms in total. The fourth-order valence-electron chi connectivity index (χ4n) is 2.94. The molecule has 1 fully saturated rings. The zero-order valence-electron chi connectivity index (χ0n) is 13.8. The lowest BCUT2D eigenvalue weighted by Crippen LogP contribution is -2.38. The molecule has 0 atom stereocenters. The molecule has 0 radical (unpaired) electrons. The van der Waals surface area contributed by atoms with Gasteiger partial charge in [-0.25, -0.2) is 0 Å². The molecule has 0 spiro atoms. The normalized spacial score (nSPS) is 21.0. The van der Waals surface area contributed by atoms with Crippen LogP contribution in [0.15, 0.2) is 12.3 Å². The summed E-state index contributed by atoms with van der Waals surface area (Å²) < 4.78 is 0. The largest absolute Gasteiger partial charge is 0.377 e. The van der Waals surface area contributed by atoms with E-state index in [4.69, 9.17) is 0 Å². The van der Waals surface area contributed by atoms with Crippen molar-refractivity contribution >= 4 is 17.3 Å². The number of anilines is 1. The van der Waals surface area contributed by atoms with Gasteiger partial charge in [0.05, 0.1) is 4.92 Å². The first-order chi connectivity index (χ1) is 10.9. The Bertz CT molecular complexity index is 581. The van der Waals surface area contributed by atoms with E-state index >= 15 is 0 Å². The van der Waals surface area contributed by atoms with Crippen LogP contribution in [0, 0.1) is 23.0 Å². The molecule has 0 aliphatic heterocycles. The van der Waals surface area contributed by atoms with Gasteiger partial charge in [-0.1, -0.05) is 0 Å². The molecule has 0 saturated heterocycles. The van der Waals surface area contributed by atoms with Gasteiger partial charge in [0.15, 0.2) is 0 Å². The van der Waals surface area contributed by atoms with E-state index < -0.39 is 4.92 Å². The second-order valence-electron chi connectivity index (χ2n) is 6.46. The summed E-state index contributed by atoms with van der Waals surface area (Å²) >= 11 is 0. The molecule has 1 heterocycles. The van der Waals surface area contributed by atoms with E-state index in [1.165, 1.54) is 6.20 Å². The van der Waals surface area contributed by atoms with Crippen LogP contribution in [0.3, 0.4) is 0 Å². The number of hydrogen-bond acceptors (Lipinski definition) is 5. The van der Waals surface area contributed by atoms with E-state index in [9.17, 15) is 14.9 Å². The number of nitrogens with one attached hydrogen (secondary N) is 2. The number of nitrogens with zero attached hydrogens (tertiary/aromatic N) is 2. The second-order valence-corrected chi connectivity index (χ2v) is 6.46. The predicted molar refractivity (Wildman–Crippen MR) is 88.3 cm³/mol. The van der Waals surface area contributed by atoms with E-state index in [-0.39, 0.29) is 29.6 Å². The van der Waals surface area contributed by atoms with E-state index in [0.29, 0.717) is 5.69 Å². The van der Waals surface area contributed by atoms with Crippen molar-refractivity contribution in [3.05, 3.63) is 28.1 Å². The topological polar surface area (TPSA) is 97.2 Å². The third-order valence-corrected chi connectivity index (χ3v) is 4.10. The monoisotopic (exact) mass is 320 g/mol. The van der Waals surface area contributed by atoms with Crippen molar-refractivity contribution in [3.8, 4) is 0 Å². The molecule has 2 rings (SSSR count). The van der Waals surface area contributed by atoms with Crippen molar-refractivity contribution in [1.82, 2.24) is 10.3 Å². The van der Waals surface area contributed by atoms with Crippen molar-refractivity contribution in [2.24, 2.45) is 5.92 Å². The fraction of sp³-hybridized carbons (Fsp3) is 0.625. The molecule has 1 aromatic rings. The van der Waals surface area contributed by atoms with Crippen molar-refractivity contribution in [3.63, 3.8) is 0 Å². The van der Waals surface area contributed by atoms with Crippen LogP contribution >= 0.6 is 0 Å². The number of hydrogen-bond donors (Lipinski definition) is 2. The predicted octanol–water partition coefficient (Wildman–Crippen LogP) is 2.79. The van der Waals surface area contributed by atoms with Crippen LogP contribution in [0.4, 0.5) is 11.4 Å². The molecule has 126 valence electrons. The molecule has 1 aliphatic carbocycles. The number of carbonyl (C=O) groups excluding carboxylic acids is 1. The zero-order chi connectivity index (χ0) is 17.0. The van der Waals surface area contributed by atoms with E-state index in [2.05, 4.69) is 15.6 Å². The van der Waals surface area contributed by atoms with Crippen LogP contribution in [0.2, 0.25) is 0 Å². The maximum absolute atomic E-state index is 12.0. The molecule has 1 aromatic heterocycles.